The lowest BCUT2D eigenvalue weighted by molar-refractivity contribution is 0.0200. The number of hydrogen-bond donors (Lipinski definition) is 4. The molecule has 2 rings (SSSR count). The Hall–Kier alpha value is -0.960. The molecule has 0 radical (unpaired) electrons. The number of ether oxygens (including phenoxy) is 1. The Morgan fingerprint density at radius 1 is 1.43 bits per heavy atom. The van der Waals surface area contributed by atoms with Gasteiger partial charge < -0.3 is 20.5 Å². The molecule has 1 aliphatic rings. The van der Waals surface area contributed by atoms with Crippen molar-refractivity contribution in [1.82, 2.24) is 25.1 Å². The first-order valence-electron chi connectivity index (χ1n) is 10.0. The van der Waals surface area contributed by atoms with E-state index in [0.717, 1.165) is 19.3 Å². The van der Waals surface area contributed by atoms with E-state index < -0.39 is 15.6 Å². The maximum absolute atomic E-state index is 12.2. The fourth-order valence-electron chi connectivity index (χ4n) is 2.93. The van der Waals surface area contributed by atoms with E-state index in [-0.39, 0.29) is 48.9 Å². The summed E-state index contributed by atoms with van der Waals surface area (Å²) in [6, 6.07) is 0. The third-order valence-electron chi connectivity index (χ3n) is 4.68. The van der Waals surface area contributed by atoms with E-state index in [1.807, 2.05) is 6.92 Å². The summed E-state index contributed by atoms with van der Waals surface area (Å²) in [5.74, 6) is 0.367. The van der Waals surface area contributed by atoms with Crippen LogP contribution in [0.3, 0.4) is 0 Å². The summed E-state index contributed by atoms with van der Waals surface area (Å²) in [5, 5.41) is 20.8. The van der Waals surface area contributed by atoms with Crippen molar-refractivity contribution in [3.63, 3.8) is 0 Å². The van der Waals surface area contributed by atoms with Gasteiger partial charge in [0.1, 0.15) is 5.60 Å². The molecule has 0 aliphatic carbocycles. The van der Waals surface area contributed by atoms with Crippen LogP contribution in [0.4, 0.5) is 0 Å². The lowest BCUT2D eigenvalue weighted by atomic mass is 10.0. The van der Waals surface area contributed by atoms with E-state index in [1.165, 1.54) is 0 Å². The molecule has 1 aromatic rings. The molecule has 4 N–H and O–H groups in total. The van der Waals surface area contributed by atoms with Crippen LogP contribution in [0.1, 0.15) is 38.7 Å². The minimum Gasteiger partial charge on any atom is -0.383 e. The molecule has 2 heterocycles. The topological polar surface area (TPSA) is 130 Å². The highest BCUT2D eigenvalue weighted by molar-refractivity contribution is 14.0. The SMILES string of the molecule is CCNC(=NCC(C)(O)c1cnn(C)c1)NCCS(=O)(=O)NCC1CCCCO1.I. The van der Waals surface area contributed by atoms with Crippen LogP contribution in [0.25, 0.3) is 0 Å². The van der Waals surface area contributed by atoms with Crippen LogP contribution in [-0.2, 0) is 27.4 Å². The number of rotatable bonds is 10. The van der Waals surface area contributed by atoms with Gasteiger partial charge >= 0.3 is 0 Å². The highest BCUT2D eigenvalue weighted by Gasteiger charge is 2.24. The molecule has 174 valence electrons. The van der Waals surface area contributed by atoms with E-state index >= 15 is 0 Å². The van der Waals surface area contributed by atoms with E-state index in [4.69, 9.17) is 4.74 Å². The third-order valence-corrected chi connectivity index (χ3v) is 6.03. The first kappa shape index (κ1) is 27.1. The van der Waals surface area contributed by atoms with E-state index in [0.29, 0.717) is 31.2 Å². The molecule has 2 atom stereocenters. The van der Waals surface area contributed by atoms with E-state index in [1.54, 1.807) is 31.0 Å². The Bertz CT molecular complexity index is 762. The van der Waals surface area contributed by atoms with Crippen molar-refractivity contribution in [3.05, 3.63) is 18.0 Å². The predicted octanol–water partition coefficient (Wildman–Crippen LogP) is 0.289. The summed E-state index contributed by atoms with van der Waals surface area (Å²) in [7, 11) is -1.63. The second-order valence-electron chi connectivity index (χ2n) is 7.45. The minimum atomic E-state index is -3.41. The smallest absolute Gasteiger partial charge is 0.213 e. The number of sulfonamides is 1. The van der Waals surface area contributed by atoms with Gasteiger partial charge in [0.25, 0.3) is 0 Å². The van der Waals surface area contributed by atoms with Crippen molar-refractivity contribution in [2.75, 3.05) is 38.5 Å². The van der Waals surface area contributed by atoms with Crippen LogP contribution in [0, 0.1) is 0 Å². The zero-order valence-corrected chi connectivity index (χ0v) is 21.1. The Balaban J connectivity index is 0.00000450. The molecule has 0 aromatic carbocycles. The molecule has 1 saturated heterocycles. The summed E-state index contributed by atoms with van der Waals surface area (Å²) in [6.45, 7) is 5.51. The quantitative estimate of drug-likeness (QED) is 0.185. The van der Waals surface area contributed by atoms with E-state index in [9.17, 15) is 13.5 Å². The second-order valence-corrected chi connectivity index (χ2v) is 9.38. The average molecular weight is 558 g/mol. The molecule has 10 nitrogen and oxygen atoms in total. The highest BCUT2D eigenvalue weighted by Crippen LogP contribution is 2.19. The Labute approximate surface area is 196 Å². The van der Waals surface area contributed by atoms with Crippen molar-refractivity contribution in [3.8, 4) is 0 Å². The molecule has 12 heteroatoms. The molecule has 0 saturated carbocycles. The van der Waals surface area contributed by atoms with Crippen molar-refractivity contribution < 1.29 is 18.3 Å². The van der Waals surface area contributed by atoms with Crippen LogP contribution < -0.4 is 15.4 Å². The van der Waals surface area contributed by atoms with Crippen molar-refractivity contribution in [2.45, 2.75) is 44.8 Å². The maximum atomic E-state index is 12.2. The van der Waals surface area contributed by atoms with Crippen LogP contribution in [-0.4, -0.2) is 73.9 Å². The number of nitrogens with zero attached hydrogens (tertiary/aromatic N) is 3. The number of nitrogens with one attached hydrogen (secondary N) is 3. The number of aromatic nitrogens is 2. The molecule has 1 aromatic heterocycles. The van der Waals surface area contributed by atoms with Crippen molar-refractivity contribution in [2.24, 2.45) is 12.0 Å². The van der Waals surface area contributed by atoms with Gasteiger partial charge in [-0.15, -0.1) is 24.0 Å². The third kappa shape index (κ3) is 9.45. The first-order valence-corrected chi connectivity index (χ1v) is 11.7. The number of hydrogen-bond acceptors (Lipinski definition) is 6. The zero-order chi connectivity index (χ0) is 21.3. The summed E-state index contributed by atoms with van der Waals surface area (Å²) >= 11 is 0. The fraction of sp³-hybridized carbons (Fsp3) is 0.778. The summed E-state index contributed by atoms with van der Waals surface area (Å²) in [6.07, 6.45) is 6.29. The van der Waals surface area contributed by atoms with Crippen LogP contribution in [0.15, 0.2) is 17.4 Å². The highest BCUT2D eigenvalue weighted by atomic mass is 127. The molecule has 30 heavy (non-hydrogen) atoms. The second kappa shape index (κ2) is 12.8. The number of aliphatic imine (C=N–C) groups is 1. The Kier molecular flexibility index (Phi) is 11.5. The molecule has 2 unspecified atom stereocenters. The molecule has 0 bridgehead atoms. The molecule has 1 aliphatic heterocycles. The average Bonchev–Trinajstić information content (AvgIpc) is 3.13. The lowest BCUT2D eigenvalue weighted by Crippen LogP contribution is -2.43. The maximum Gasteiger partial charge on any atom is 0.213 e. The molecule has 1 fully saturated rings. The van der Waals surface area contributed by atoms with Gasteiger partial charge in [0.15, 0.2) is 5.96 Å². The van der Waals surface area contributed by atoms with Gasteiger partial charge in [0, 0.05) is 45.0 Å². The first-order chi connectivity index (χ1) is 13.7. The Morgan fingerprint density at radius 2 is 2.20 bits per heavy atom. The van der Waals surface area contributed by atoms with E-state index in [2.05, 4.69) is 25.4 Å². The molecular weight excluding hydrogens is 523 g/mol. The van der Waals surface area contributed by atoms with Gasteiger partial charge in [-0.05, 0) is 33.1 Å². The van der Waals surface area contributed by atoms with Gasteiger partial charge in [-0.1, -0.05) is 0 Å². The molecule has 0 spiro atoms. The van der Waals surface area contributed by atoms with Crippen LogP contribution >= 0.6 is 24.0 Å². The number of guanidine groups is 1. The largest absolute Gasteiger partial charge is 0.383 e. The lowest BCUT2D eigenvalue weighted by Gasteiger charge is -2.22. The standard InChI is InChI=1S/C18H34N6O4S.HI/c1-4-19-17(21-14-18(2,25)15-11-22-24(3)13-15)20-8-10-29(26,27)23-12-16-7-5-6-9-28-16;/h11,13,16,23,25H,4-10,12,14H2,1-3H3,(H2,19,20,21);1H. The van der Waals surface area contributed by atoms with Gasteiger partial charge in [0.2, 0.25) is 10.0 Å². The van der Waals surface area contributed by atoms with Crippen molar-refractivity contribution in [1.29, 1.82) is 0 Å². The fourth-order valence-corrected chi connectivity index (χ4v) is 3.88. The monoisotopic (exact) mass is 558 g/mol. The van der Waals surface area contributed by atoms with Gasteiger partial charge in [0.05, 0.1) is 24.6 Å². The summed E-state index contributed by atoms with van der Waals surface area (Å²) in [5.41, 5.74) is -0.513. The van der Waals surface area contributed by atoms with Gasteiger partial charge in [-0.3, -0.25) is 4.68 Å². The summed E-state index contributed by atoms with van der Waals surface area (Å²) in [4.78, 5) is 4.38. The zero-order valence-electron chi connectivity index (χ0n) is 17.9. The van der Waals surface area contributed by atoms with Crippen LogP contribution in [0.5, 0.6) is 0 Å². The number of halogens is 1. The van der Waals surface area contributed by atoms with Crippen LogP contribution in [0.2, 0.25) is 0 Å². The number of aryl methyl sites for hydroxylation is 1. The van der Waals surface area contributed by atoms with Gasteiger partial charge in [-0.25, -0.2) is 18.1 Å². The summed E-state index contributed by atoms with van der Waals surface area (Å²) < 4.78 is 34.2. The Morgan fingerprint density at radius 3 is 2.80 bits per heavy atom. The minimum absolute atomic E-state index is 0. The molecule has 0 amide bonds. The molecular formula is C18H35IN6O4S. The normalized spacial score (nSPS) is 19.6. The number of aliphatic hydroxyl groups is 1. The van der Waals surface area contributed by atoms with Gasteiger partial charge in [-0.2, -0.15) is 5.10 Å². The van der Waals surface area contributed by atoms with Crippen molar-refractivity contribution >= 4 is 40.0 Å². The predicted molar refractivity (Wildman–Crippen MR) is 128 cm³/mol.